The lowest BCUT2D eigenvalue weighted by molar-refractivity contribution is -0.121. The topological polar surface area (TPSA) is 76.7 Å². The van der Waals surface area contributed by atoms with Crippen LogP contribution in [0.5, 0.6) is 11.5 Å². The largest absolute Gasteiger partial charge is 0.493 e. The number of ether oxygens (including phenoxy) is 2. The summed E-state index contributed by atoms with van der Waals surface area (Å²) in [6.45, 7) is 2.36. The van der Waals surface area contributed by atoms with Gasteiger partial charge in [0.1, 0.15) is 0 Å². The van der Waals surface area contributed by atoms with Gasteiger partial charge >= 0.3 is 0 Å². The normalized spacial score (nSPS) is 10.4. The van der Waals surface area contributed by atoms with Crippen molar-refractivity contribution in [3.05, 3.63) is 71.8 Å². The van der Waals surface area contributed by atoms with Crippen molar-refractivity contribution < 1.29 is 19.1 Å². The number of carbonyl (C=O) groups is 2. The lowest BCUT2D eigenvalue weighted by Gasteiger charge is -2.12. The first-order chi connectivity index (χ1) is 13.6. The first kappa shape index (κ1) is 19.2. The summed E-state index contributed by atoms with van der Waals surface area (Å²) >= 11 is 0. The Kier molecular flexibility index (Phi) is 6.11. The minimum absolute atomic E-state index is 0.164. The summed E-state index contributed by atoms with van der Waals surface area (Å²) in [7, 11) is 1.50. The van der Waals surface area contributed by atoms with E-state index in [1.165, 1.54) is 7.11 Å². The highest BCUT2D eigenvalue weighted by Crippen LogP contribution is 2.27. The fourth-order valence-electron chi connectivity index (χ4n) is 2.86. The molecule has 28 heavy (non-hydrogen) atoms. The van der Waals surface area contributed by atoms with Gasteiger partial charge in [0.05, 0.1) is 20.1 Å². The molecule has 0 heterocycles. The van der Waals surface area contributed by atoms with E-state index in [0.29, 0.717) is 23.7 Å². The average Bonchev–Trinajstić information content (AvgIpc) is 2.72. The van der Waals surface area contributed by atoms with Gasteiger partial charge in [-0.1, -0.05) is 42.5 Å². The summed E-state index contributed by atoms with van der Waals surface area (Å²) in [5.74, 6) is 0.272. The molecule has 0 unspecified atom stereocenters. The monoisotopic (exact) mass is 378 g/mol. The summed E-state index contributed by atoms with van der Waals surface area (Å²) in [5, 5.41) is 2.18. The molecule has 0 fully saturated rings. The molecular weight excluding hydrogens is 356 g/mol. The number of carbonyl (C=O) groups excluding carboxylic acids is 2. The van der Waals surface area contributed by atoms with Crippen LogP contribution in [0.3, 0.4) is 0 Å². The molecule has 0 saturated carbocycles. The van der Waals surface area contributed by atoms with Gasteiger partial charge in [-0.3, -0.25) is 20.4 Å². The number of methoxy groups -OCH3 is 1. The predicted molar refractivity (Wildman–Crippen MR) is 107 cm³/mol. The fourth-order valence-corrected chi connectivity index (χ4v) is 2.86. The van der Waals surface area contributed by atoms with Gasteiger partial charge in [0.25, 0.3) is 5.91 Å². The smallest absolute Gasteiger partial charge is 0.269 e. The quantitative estimate of drug-likeness (QED) is 0.646. The number of benzene rings is 3. The van der Waals surface area contributed by atoms with Crippen LogP contribution in [0.4, 0.5) is 0 Å². The first-order valence-corrected chi connectivity index (χ1v) is 8.98. The highest BCUT2D eigenvalue weighted by molar-refractivity contribution is 5.96. The summed E-state index contributed by atoms with van der Waals surface area (Å²) < 4.78 is 10.7. The van der Waals surface area contributed by atoms with Crippen molar-refractivity contribution in [1.82, 2.24) is 10.9 Å². The van der Waals surface area contributed by atoms with E-state index < -0.39 is 5.91 Å². The Hall–Kier alpha value is -3.54. The molecule has 0 spiro atoms. The van der Waals surface area contributed by atoms with Crippen molar-refractivity contribution in [2.45, 2.75) is 13.3 Å². The number of nitrogens with one attached hydrogen (secondary N) is 2. The molecule has 6 heteroatoms. The van der Waals surface area contributed by atoms with Crippen LogP contribution in [0.2, 0.25) is 0 Å². The Labute approximate surface area is 163 Å². The second kappa shape index (κ2) is 8.90. The van der Waals surface area contributed by atoms with Crippen LogP contribution in [0.25, 0.3) is 10.8 Å². The number of amides is 2. The van der Waals surface area contributed by atoms with Crippen LogP contribution < -0.4 is 20.3 Å². The van der Waals surface area contributed by atoms with Crippen LogP contribution in [0, 0.1) is 0 Å². The molecule has 6 nitrogen and oxygen atoms in total. The zero-order chi connectivity index (χ0) is 19.9. The van der Waals surface area contributed by atoms with E-state index in [1.54, 1.807) is 18.2 Å². The standard InChI is InChI=1S/C22H22N2O4/c1-3-28-19-11-10-18(14-20(19)27-2)22(26)24-23-21(25)13-15-8-9-16-6-4-5-7-17(16)12-15/h4-12,14H,3,13H2,1-2H3,(H,23,25)(H,24,26). The number of hydrogen-bond donors (Lipinski definition) is 2. The first-order valence-electron chi connectivity index (χ1n) is 8.98. The lowest BCUT2D eigenvalue weighted by atomic mass is 10.1. The number of hydrazine groups is 1. The maximum atomic E-state index is 12.3. The molecule has 3 aromatic rings. The molecule has 3 rings (SSSR count). The molecule has 0 aliphatic carbocycles. The molecule has 3 aromatic carbocycles. The van der Waals surface area contributed by atoms with Crippen LogP contribution in [-0.4, -0.2) is 25.5 Å². The Morgan fingerprint density at radius 2 is 1.68 bits per heavy atom. The van der Waals surface area contributed by atoms with Crippen LogP contribution in [0.1, 0.15) is 22.8 Å². The van der Waals surface area contributed by atoms with Gasteiger partial charge < -0.3 is 9.47 Å². The molecule has 2 N–H and O–H groups in total. The molecule has 0 bridgehead atoms. The van der Waals surface area contributed by atoms with Crippen LogP contribution in [-0.2, 0) is 11.2 Å². The van der Waals surface area contributed by atoms with Crippen molar-refractivity contribution in [1.29, 1.82) is 0 Å². The maximum absolute atomic E-state index is 12.3. The number of fused-ring (bicyclic) bond motifs is 1. The maximum Gasteiger partial charge on any atom is 0.269 e. The van der Waals surface area contributed by atoms with E-state index in [9.17, 15) is 9.59 Å². The third-order valence-corrected chi connectivity index (χ3v) is 4.22. The number of hydrogen-bond acceptors (Lipinski definition) is 4. The Morgan fingerprint density at radius 1 is 0.893 bits per heavy atom. The van der Waals surface area contributed by atoms with Crippen molar-refractivity contribution >= 4 is 22.6 Å². The van der Waals surface area contributed by atoms with Crippen molar-refractivity contribution in [3.8, 4) is 11.5 Å². The van der Waals surface area contributed by atoms with Gasteiger partial charge in [-0.15, -0.1) is 0 Å². The van der Waals surface area contributed by atoms with E-state index >= 15 is 0 Å². The molecule has 0 saturated heterocycles. The number of rotatable bonds is 6. The molecule has 0 aliphatic heterocycles. The van der Waals surface area contributed by atoms with Gasteiger partial charge in [0, 0.05) is 5.56 Å². The van der Waals surface area contributed by atoms with Crippen LogP contribution in [0.15, 0.2) is 60.7 Å². The summed E-state index contributed by atoms with van der Waals surface area (Å²) in [4.78, 5) is 24.5. The summed E-state index contributed by atoms with van der Waals surface area (Å²) in [5.41, 5.74) is 6.09. The van der Waals surface area contributed by atoms with Gasteiger partial charge in [0.15, 0.2) is 11.5 Å². The fraction of sp³-hybridized carbons (Fsp3) is 0.182. The van der Waals surface area contributed by atoms with E-state index in [4.69, 9.17) is 9.47 Å². The van der Waals surface area contributed by atoms with Crippen molar-refractivity contribution in [2.24, 2.45) is 0 Å². The molecule has 0 aromatic heterocycles. The summed E-state index contributed by atoms with van der Waals surface area (Å²) in [6.07, 6.45) is 0.164. The van der Waals surface area contributed by atoms with Gasteiger partial charge in [-0.25, -0.2) is 0 Å². The van der Waals surface area contributed by atoms with Crippen molar-refractivity contribution in [3.63, 3.8) is 0 Å². The molecule has 0 aliphatic rings. The molecular formula is C22H22N2O4. The van der Waals surface area contributed by atoms with Gasteiger partial charge in [-0.2, -0.15) is 0 Å². The summed E-state index contributed by atoms with van der Waals surface area (Å²) in [6, 6.07) is 18.6. The predicted octanol–water partition coefficient (Wildman–Crippen LogP) is 3.25. The minimum Gasteiger partial charge on any atom is -0.493 e. The second-order valence-corrected chi connectivity index (χ2v) is 6.16. The third-order valence-electron chi connectivity index (χ3n) is 4.22. The Morgan fingerprint density at radius 3 is 2.43 bits per heavy atom. The Balaban J connectivity index is 1.59. The zero-order valence-electron chi connectivity index (χ0n) is 15.8. The zero-order valence-corrected chi connectivity index (χ0v) is 15.8. The van der Waals surface area contributed by atoms with E-state index in [2.05, 4.69) is 10.9 Å². The Bertz CT molecular complexity index is 1000. The molecule has 0 atom stereocenters. The van der Waals surface area contributed by atoms with E-state index in [1.807, 2.05) is 49.4 Å². The average molecular weight is 378 g/mol. The third kappa shape index (κ3) is 4.59. The SMILES string of the molecule is CCOc1ccc(C(=O)NNC(=O)Cc2ccc3ccccc3c2)cc1OC. The van der Waals surface area contributed by atoms with Crippen LogP contribution >= 0.6 is 0 Å². The van der Waals surface area contributed by atoms with E-state index in [0.717, 1.165) is 16.3 Å². The van der Waals surface area contributed by atoms with E-state index in [-0.39, 0.29) is 12.3 Å². The minimum atomic E-state index is -0.437. The van der Waals surface area contributed by atoms with Crippen molar-refractivity contribution in [2.75, 3.05) is 13.7 Å². The molecule has 2 amide bonds. The second-order valence-electron chi connectivity index (χ2n) is 6.16. The van der Waals surface area contributed by atoms with Gasteiger partial charge in [0.2, 0.25) is 5.91 Å². The highest BCUT2D eigenvalue weighted by atomic mass is 16.5. The van der Waals surface area contributed by atoms with Gasteiger partial charge in [-0.05, 0) is 41.5 Å². The lowest BCUT2D eigenvalue weighted by Crippen LogP contribution is -2.42. The highest BCUT2D eigenvalue weighted by Gasteiger charge is 2.12. The molecule has 144 valence electrons. The molecule has 0 radical (unpaired) electrons.